The van der Waals surface area contributed by atoms with Crippen molar-refractivity contribution in [1.29, 1.82) is 0 Å². The van der Waals surface area contributed by atoms with Crippen LogP contribution >= 0.6 is 0 Å². The Morgan fingerprint density at radius 3 is 1.37 bits per heavy atom. The minimum absolute atomic E-state index is 0.0763. The molecule has 0 N–H and O–H groups in total. The summed E-state index contributed by atoms with van der Waals surface area (Å²) in [4.78, 5) is 2.51. The maximum absolute atomic E-state index is 2.51. The van der Waals surface area contributed by atoms with Gasteiger partial charge in [0.1, 0.15) is 0 Å². The fourth-order valence-corrected chi connectivity index (χ4v) is 10.9. The van der Waals surface area contributed by atoms with E-state index in [4.69, 9.17) is 0 Å². The topological polar surface area (TPSA) is 8.17 Å². The average molecular weight is 769 g/mol. The van der Waals surface area contributed by atoms with Gasteiger partial charge < -0.3 is 9.47 Å². The van der Waals surface area contributed by atoms with Crippen molar-refractivity contribution in [2.24, 2.45) is 0 Å². The molecule has 0 unspecified atom stereocenters. The smallest absolute Gasteiger partial charge is 0.0541 e. The van der Waals surface area contributed by atoms with E-state index in [9.17, 15) is 0 Å². The van der Waals surface area contributed by atoms with E-state index in [2.05, 4.69) is 231 Å². The lowest BCUT2D eigenvalue weighted by molar-refractivity contribution is 0.660. The largest absolute Gasteiger partial charge is 0.310 e. The summed E-state index contributed by atoms with van der Waals surface area (Å²) in [6.07, 6.45) is 0. The van der Waals surface area contributed by atoms with Gasteiger partial charge in [0.25, 0.3) is 0 Å². The number of fused-ring (bicyclic) bond motifs is 10. The number of benzene rings is 9. The third-order valence-electron chi connectivity index (χ3n) is 13.8. The first kappa shape index (κ1) is 34.8. The minimum Gasteiger partial charge on any atom is -0.310 e. The Hall–Kier alpha value is -7.16. The van der Waals surface area contributed by atoms with Crippen molar-refractivity contribution in [1.82, 2.24) is 4.57 Å². The molecule has 0 spiro atoms. The van der Waals surface area contributed by atoms with Crippen LogP contribution in [0.4, 0.5) is 17.1 Å². The van der Waals surface area contributed by atoms with Gasteiger partial charge in [-0.1, -0.05) is 173 Å². The van der Waals surface area contributed by atoms with Gasteiger partial charge in [-0.15, -0.1) is 0 Å². The molecule has 0 radical (unpaired) electrons. The van der Waals surface area contributed by atoms with Crippen molar-refractivity contribution in [3.63, 3.8) is 0 Å². The van der Waals surface area contributed by atoms with Crippen LogP contribution in [0.3, 0.4) is 0 Å². The first-order chi connectivity index (χ1) is 29.3. The molecule has 12 rings (SSSR count). The Balaban J connectivity index is 1.10. The van der Waals surface area contributed by atoms with E-state index in [1.165, 1.54) is 93.9 Å². The molecule has 286 valence electrons. The molecule has 0 atom stereocenters. The summed E-state index contributed by atoms with van der Waals surface area (Å²) in [5.41, 5.74) is 20.1. The highest BCUT2D eigenvalue weighted by Gasteiger charge is 2.37. The van der Waals surface area contributed by atoms with Crippen molar-refractivity contribution in [2.45, 2.75) is 38.5 Å². The van der Waals surface area contributed by atoms with Gasteiger partial charge in [-0.05, 0) is 104 Å². The van der Waals surface area contributed by atoms with Crippen molar-refractivity contribution in [2.75, 3.05) is 4.90 Å². The number of para-hydroxylation sites is 3. The van der Waals surface area contributed by atoms with E-state index in [1.807, 2.05) is 0 Å². The van der Waals surface area contributed by atoms with Crippen LogP contribution in [0.25, 0.3) is 71.6 Å². The third-order valence-corrected chi connectivity index (χ3v) is 13.8. The summed E-state index contributed by atoms with van der Waals surface area (Å²) in [7, 11) is 0. The van der Waals surface area contributed by atoms with E-state index < -0.39 is 0 Å². The normalized spacial score (nSPS) is 14.3. The first-order valence-electron chi connectivity index (χ1n) is 21.2. The fraction of sp³-hybridized carbons (Fsp3) is 0.103. The highest BCUT2D eigenvalue weighted by molar-refractivity contribution is 6.12. The predicted molar refractivity (Wildman–Crippen MR) is 254 cm³/mol. The molecular weight excluding hydrogens is 725 g/mol. The summed E-state index contributed by atoms with van der Waals surface area (Å²) >= 11 is 0. The second-order valence-electron chi connectivity index (χ2n) is 17.7. The molecule has 2 heteroatoms. The number of hydrogen-bond donors (Lipinski definition) is 0. The quantitative estimate of drug-likeness (QED) is 0.169. The molecule has 1 heterocycles. The van der Waals surface area contributed by atoms with Crippen molar-refractivity contribution in [3.8, 4) is 39.1 Å². The van der Waals surface area contributed by atoms with Crippen molar-refractivity contribution in [3.05, 3.63) is 216 Å². The van der Waals surface area contributed by atoms with E-state index in [0.29, 0.717) is 0 Å². The molecule has 0 amide bonds. The summed E-state index contributed by atoms with van der Waals surface area (Å²) in [6, 6.07) is 72.4. The van der Waals surface area contributed by atoms with Crippen LogP contribution in [0.2, 0.25) is 0 Å². The molecule has 1 aromatic heterocycles. The van der Waals surface area contributed by atoms with E-state index in [0.717, 1.165) is 17.1 Å². The molecule has 0 bridgehead atoms. The van der Waals surface area contributed by atoms with Gasteiger partial charge in [0, 0.05) is 43.9 Å². The maximum atomic E-state index is 2.51. The SMILES string of the molecule is CC1(C)c2ccccc2-c2cc(N(c3ccc4c(c3)-c3ccccc3C4(C)C)c3ccccc3-c3cccc4c(-n5c6ccccc6c6ccccc65)cccc34)ccc21. The number of aromatic nitrogens is 1. The summed E-state index contributed by atoms with van der Waals surface area (Å²) < 4.78 is 2.45. The van der Waals surface area contributed by atoms with Crippen LogP contribution in [-0.4, -0.2) is 4.57 Å². The zero-order valence-corrected chi connectivity index (χ0v) is 34.4. The van der Waals surface area contributed by atoms with Gasteiger partial charge >= 0.3 is 0 Å². The molecule has 0 aliphatic heterocycles. The average Bonchev–Trinajstić information content (AvgIpc) is 3.83. The lowest BCUT2D eigenvalue weighted by Crippen LogP contribution is -2.16. The number of anilines is 3. The van der Waals surface area contributed by atoms with Crippen LogP contribution in [0.1, 0.15) is 49.9 Å². The van der Waals surface area contributed by atoms with Gasteiger partial charge in [0.15, 0.2) is 0 Å². The second kappa shape index (κ2) is 12.7. The molecule has 10 aromatic rings. The molecular formula is C58H44N2. The number of rotatable bonds is 5. The van der Waals surface area contributed by atoms with E-state index >= 15 is 0 Å². The third kappa shape index (κ3) is 4.82. The number of nitrogens with zero attached hydrogens (tertiary/aromatic N) is 2. The summed E-state index contributed by atoms with van der Waals surface area (Å²) in [5.74, 6) is 0. The molecule has 0 saturated carbocycles. The zero-order valence-electron chi connectivity index (χ0n) is 34.4. The molecule has 2 aliphatic rings. The lowest BCUT2D eigenvalue weighted by Gasteiger charge is -2.30. The Labute approximate surface area is 351 Å². The minimum atomic E-state index is -0.0763. The fourth-order valence-electron chi connectivity index (χ4n) is 10.9. The Bertz CT molecular complexity index is 3230. The Morgan fingerprint density at radius 1 is 0.333 bits per heavy atom. The molecule has 2 nitrogen and oxygen atoms in total. The highest BCUT2D eigenvalue weighted by atomic mass is 15.1. The summed E-state index contributed by atoms with van der Waals surface area (Å²) in [5, 5.41) is 4.97. The van der Waals surface area contributed by atoms with Crippen LogP contribution in [0, 0.1) is 0 Å². The van der Waals surface area contributed by atoms with E-state index in [-0.39, 0.29) is 10.8 Å². The maximum Gasteiger partial charge on any atom is 0.0541 e. The Kier molecular flexibility index (Phi) is 7.36. The Morgan fingerprint density at radius 2 is 0.767 bits per heavy atom. The van der Waals surface area contributed by atoms with Gasteiger partial charge in [0.2, 0.25) is 0 Å². The molecule has 0 saturated heterocycles. The molecule has 60 heavy (non-hydrogen) atoms. The molecule has 2 aliphatic carbocycles. The van der Waals surface area contributed by atoms with Gasteiger partial charge in [-0.25, -0.2) is 0 Å². The zero-order chi connectivity index (χ0) is 40.3. The van der Waals surface area contributed by atoms with Gasteiger partial charge in [0.05, 0.1) is 22.4 Å². The monoisotopic (exact) mass is 768 g/mol. The van der Waals surface area contributed by atoms with Gasteiger partial charge in [-0.2, -0.15) is 0 Å². The molecule has 0 fully saturated rings. The first-order valence-corrected chi connectivity index (χ1v) is 21.2. The van der Waals surface area contributed by atoms with Crippen LogP contribution in [0.15, 0.2) is 194 Å². The number of hydrogen-bond acceptors (Lipinski definition) is 1. The van der Waals surface area contributed by atoms with Crippen LogP contribution in [-0.2, 0) is 10.8 Å². The predicted octanol–water partition coefficient (Wildman–Crippen LogP) is 15.7. The second-order valence-corrected chi connectivity index (χ2v) is 17.7. The van der Waals surface area contributed by atoms with Crippen LogP contribution < -0.4 is 4.90 Å². The standard InChI is InChI=1S/C58H44N2/c1-57(2)49-25-10-5-17-41(49)47-35-37(31-33-51(47)57)59(38-32-34-52-48(36-38)42-18-6-11-26-50(42)58(52,3)4)53-27-12-7-19-43(53)39-22-15-24-44-40(39)23-16-30-56(44)60-54-28-13-8-20-45(54)46-21-9-14-29-55(46)60/h5-36H,1-4H3. The molecule has 9 aromatic carbocycles. The van der Waals surface area contributed by atoms with Gasteiger partial charge in [-0.3, -0.25) is 0 Å². The highest BCUT2D eigenvalue weighted by Crippen LogP contribution is 2.54. The lowest BCUT2D eigenvalue weighted by atomic mass is 9.82. The van der Waals surface area contributed by atoms with Crippen LogP contribution in [0.5, 0.6) is 0 Å². The summed E-state index contributed by atoms with van der Waals surface area (Å²) in [6.45, 7) is 9.44. The van der Waals surface area contributed by atoms with E-state index in [1.54, 1.807) is 0 Å². The van der Waals surface area contributed by atoms with Crippen molar-refractivity contribution >= 4 is 49.6 Å². The van der Waals surface area contributed by atoms with Crippen molar-refractivity contribution < 1.29 is 0 Å².